The molecule has 1 aromatic rings. The zero-order valence-electron chi connectivity index (χ0n) is 11.9. The third-order valence-electron chi connectivity index (χ3n) is 3.14. The standard InChI is InChI=1S/C14H19F3N2O2/c1-3-19(2)13(21)9-18-8-12(20)10-4-6-11(7-5-10)14(15,16)17/h4-7,12,18,20H,3,8-9H2,1-2H3. The van der Waals surface area contributed by atoms with Gasteiger partial charge < -0.3 is 15.3 Å². The van der Waals surface area contributed by atoms with Crippen molar-refractivity contribution in [3.05, 3.63) is 35.4 Å². The molecule has 118 valence electrons. The molecule has 0 spiro atoms. The normalized spacial score (nSPS) is 13.0. The number of likely N-dealkylation sites (N-methyl/N-ethyl adjacent to an activating group) is 1. The Kier molecular flexibility index (Phi) is 6.17. The average molecular weight is 304 g/mol. The number of carbonyl (C=O) groups is 1. The number of alkyl halides is 3. The van der Waals surface area contributed by atoms with Crippen LogP contribution < -0.4 is 5.32 Å². The van der Waals surface area contributed by atoms with E-state index in [4.69, 9.17) is 0 Å². The first-order valence-corrected chi connectivity index (χ1v) is 6.55. The highest BCUT2D eigenvalue weighted by Crippen LogP contribution is 2.29. The molecule has 2 N–H and O–H groups in total. The number of aliphatic hydroxyl groups is 1. The Morgan fingerprint density at radius 3 is 2.38 bits per heavy atom. The van der Waals surface area contributed by atoms with Crippen molar-refractivity contribution < 1.29 is 23.1 Å². The average Bonchev–Trinajstić information content (AvgIpc) is 2.45. The zero-order valence-corrected chi connectivity index (χ0v) is 11.9. The van der Waals surface area contributed by atoms with E-state index in [1.807, 2.05) is 6.92 Å². The lowest BCUT2D eigenvalue weighted by Crippen LogP contribution is -2.36. The maximum atomic E-state index is 12.4. The quantitative estimate of drug-likeness (QED) is 0.843. The lowest BCUT2D eigenvalue weighted by molar-refractivity contribution is -0.137. The van der Waals surface area contributed by atoms with E-state index >= 15 is 0 Å². The minimum absolute atomic E-state index is 0.0715. The molecule has 0 aliphatic heterocycles. The van der Waals surface area contributed by atoms with Crippen molar-refractivity contribution in [2.24, 2.45) is 0 Å². The van der Waals surface area contributed by atoms with Crippen molar-refractivity contribution in [2.75, 3.05) is 26.7 Å². The number of hydrogen-bond acceptors (Lipinski definition) is 3. The molecule has 0 radical (unpaired) electrons. The van der Waals surface area contributed by atoms with Gasteiger partial charge in [-0.15, -0.1) is 0 Å². The van der Waals surface area contributed by atoms with Gasteiger partial charge in [0.2, 0.25) is 5.91 Å². The van der Waals surface area contributed by atoms with Crippen LogP contribution in [-0.4, -0.2) is 42.6 Å². The van der Waals surface area contributed by atoms with Crippen molar-refractivity contribution in [3.63, 3.8) is 0 Å². The van der Waals surface area contributed by atoms with Crippen LogP contribution in [0.15, 0.2) is 24.3 Å². The van der Waals surface area contributed by atoms with Crippen LogP contribution in [0.1, 0.15) is 24.2 Å². The highest BCUT2D eigenvalue weighted by molar-refractivity contribution is 5.77. The van der Waals surface area contributed by atoms with Crippen LogP contribution >= 0.6 is 0 Å². The summed E-state index contributed by atoms with van der Waals surface area (Å²) in [6.45, 7) is 2.59. The molecule has 21 heavy (non-hydrogen) atoms. The number of halogens is 3. The molecule has 1 amide bonds. The Morgan fingerprint density at radius 1 is 1.33 bits per heavy atom. The molecule has 0 saturated heterocycles. The number of aliphatic hydroxyl groups excluding tert-OH is 1. The second kappa shape index (κ2) is 7.42. The maximum absolute atomic E-state index is 12.4. The van der Waals surface area contributed by atoms with Gasteiger partial charge in [0.25, 0.3) is 0 Å². The molecule has 0 aliphatic carbocycles. The SMILES string of the molecule is CCN(C)C(=O)CNCC(O)c1ccc(C(F)(F)F)cc1. The van der Waals surface area contributed by atoms with Crippen molar-refractivity contribution in [1.29, 1.82) is 0 Å². The van der Waals surface area contributed by atoms with E-state index in [0.717, 1.165) is 12.1 Å². The summed E-state index contributed by atoms with van der Waals surface area (Å²) in [4.78, 5) is 13.0. The fraction of sp³-hybridized carbons (Fsp3) is 0.500. The summed E-state index contributed by atoms with van der Waals surface area (Å²) in [5.41, 5.74) is -0.391. The number of hydrogen-bond donors (Lipinski definition) is 2. The molecule has 0 heterocycles. The van der Waals surface area contributed by atoms with Crippen LogP contribution in [0.3, 0.4) is 0 Å². The molecule has 1 unspecified atom stereocenters. The Labute approximate surface area is 121 Å². The van der Waals surface area contributed by atoms with Gasteiger partial charge >= 0.3 is 6.18 Å². The van der Waals surface area contributed by atoms with Gasteiger partial charge in [0.15, 0.2) is 0 Å². The van der Waals surface area contributed by atoms with Crippen LogP contribution in [0.25, 0.3) is 0 Å². The van der Waals surface area contributed by atoms with Crippen molar-refractivity contribution in [2.45, 2.75) is 19.2 Å². The number of amides is 1. The number of rotatable bonds is 6. The predicted octanol–water partition coefficient (Wildman–Crippen LogP) is 1.81. The summed E-state index contributed by atoms with van der Waals surface area (Å²) in [6, 6.07) is 4.31. The zero-order chi connectivity index (χ0) is 16.0. The summed E-state index contributed by atoms with van der Waals surface area (Å²) in [5.74, 6) is -0.114. The maximum Gasteiger partial charge on any atom is 0.416 e. The van der Waals surface area contributed by atoms with Gasteiger partial charge in [0.1, 0.15) is 0 Å². The number of carbonyl (C=O) groups excluding carboxylic acids is 1. The summed E-state index contributed by atoms with van der Waals surface area (Å²) >= 11 is 0. The van der Waals surface area contributed by atoms with Crippen molar-refractivity contribution in [3.8, 4) is 0 Å². The first kappa shape index (κ1) is 17.5. The minimum atomic E-state index is -4.39. The monoisotopic (exact) mass is 304 g/mol. The van der Waals surface area contributed by atoms with E-state index in [2.05, 4.69) is 5.32 Å². The molecule has 0 saturated carbocycles. The van der Waals surface area contributed by atoms with Gasteiger partial charge in [-0.1, -0.05) is 12.1 Å². The third kappa shape index (κ3) is 5.35. The van der Waals surface area contributed by atoms with E-state index in [1.54, 1.807) is 7.05 Å². The summed E-state index contributed by atoms with van der Waals surface area (Å²) in [7, 11) is 1.66. The topological polar surface area (TPSA) is 52.6 Å². The largest absolute Gasteiger partial charge is 0.416 e. The Morgan fingerprint density at radius 2 is 1.90 bits per heavy atom. The molecular weight excluding hydrogens is 285 g/mol. The van der Waals surface area contributed by atoms with Crippen LogP contribution in [-0.2, 0) is 11.0 Å². The van der Waals surface area contributed by atoms with Gasteiger partial charge in [-0.05, 0) is 24.6 Å². The van der Waals surface area contributed by atoms with E-state index in [0.29, 0.717) is 12.1 Å². The molecule has 0 aromatic heterocycles. The molecule has 1 rings (SSSR count). The molecule has 4 nitrogen and oxygen atoms in total. The van der Waals surface area contributed by atoms with Gasteiger partial charge in [-0.25, -0.2) is 0 Å². The van der Waals surface area contributed by atoms with Crippen LogP contribution in [0, 0.1) is 0 Å². The molecule has 1 aromatic carbocycles. The molecular formula is C14H19F3N2O2. The second-order valence-corrected chi connectivity index (χ2v) is 4.67. The van der Waals surface area contributed by atoms with Gasteiger partial charge in [-0.2, -0.15) is 13.2 Å². The minimum Gasteiger partial charge on any atom is -0.387 e. The summed E-state index contributed by atoms with van der Waals surface area (Å²) in [6.07, 6.45) is -5.36. The van der Waals surface area contributed by atoms with E-state index < -0.39 is 17.8 Å². The molecule has 0 bridgehead atoms. The number of nitrogens with one attached hydrogen (secondary N) is 1. The first-order chi connectivity index (χ1) is 9.75. The lowest BCUT2D eigenvalue weighted by Gasteiger charge is -2.17. The first-order valence-electron chi connectivity index (χ1n) is 6.55. The molecule has 0 fully saturated rings. The van der Waals surface area contributed by atoms with E-state index in [9.17, 15) is 23.1 Å². The van der Waals surface area contributed by atoms with Gasteiger partial charge in [-0.3, -0.25) is 4.79 Å². The second-order valence-electron chi connectivity index (χ2n) is 4.67. The van der Waals surface area contributed by atoms with Gasteiger partial charge in [0.05, 0.1) is 18.2 Å². The number of nitrogens with zero attached hydrogens (tertiary/aromatic N) is 1. The van der Waals surface area contributed by atoms with Crippen molar-refractivity contribution in [1.82, 2.24) is 10.2 Å². The highest BCUT2D eigenvalue weighted by Gasteiger charge is 2.30. The highest BCUT2D eigenvalue weighted by atomic mass is 19.4. The van der Waals surface area contributed by atoms with E-state index in [1.165, 1.54) is 17.0 Å². The molecule has 0 aliphatic rings. The van der Waals surface area contributed by atoms with E-state index in [-0.39, 0.29) is 19.0 Å². The van der Waals surface area contributed by atoms with Gasteiger partial charge in [0, 0.05) is 20.1 Å². The predicted molar refractivity (Wildman–Crippen MR) is 72.6 cm³/mol. The Hall–Kier alpha value is -1.60. The smallest absolute Gasteiger partial charge is 0.387 e. The summed E-state index contributed by atoms with van der Waals surface area (Å²) in [5, 5.41) is 12.6. The summed E-state index contributed by atoms with van der Waals surface area (Å²) < 4.78 is 37.2. The van der Waals surface area contributed by atoms with Crippen LogP contribution in [0.2, 0.25) is 0 Å². The third-order valence-corrected chi connectivity index (χ3v) is 3.14. The molecule has 1 atom stereocenters. The van der Waals surface area contributed by atoms with Crippen molar-refractivity contribution >= 4 is 5.91 Å². The lowest BCUT2D eigenvalue weighted by atomic mass is 10.1. The Bertz CT molecular complexity index is 460. The molecule has 7 heteroatoms. The van der Waals surface area contributed by atoms with Crippen LogP contribution in [0.5, 0.6) is 0 Å². The fourth-order valence-electron chi connectivity index (χ4n) is 1.64. The fourth-order valence-corrected chi connectivity index (χ4v) is 1.64. The van der Waals surface area contributed by atoms with Crippen LogP contribution in [0.4, 0.5) is 13.2 Å². The Balaban J connectivity index is 2.49. The number of benzene rings is 1.